The van der Waals surface area contributed by atoms with Crippen molar-refractivity contribution in [1.82, 2.24) is 4.98 Å². The van der Waals surface area contributed by atoms with E-state index in [0.29, 0.717) is 0 Å². The average Bonchev–Trinajstić information content (AvgIpc) is 2.46. The summed E-state index contributed by atoms with van der Waals surface area (Å²) < 4.78 is 0.888. The van der Waals surface area contributed by atoms with Crippen molar-refractivity contribution in [3.63, 3.8) is 0 Å². The molecular formula is C9H6LiNO2S. The van der Waals surface area contributed by atoms with Crippen molar-refractivity contribution in [2.45, 2.75) is 6.92 Å². The molecule has 0 unspecified atom stereocenters. The summed E-state index contributed by atoms with van der Waals surface area (Å²) in [4.78, 5) is 14.4. The minimum atomic E-state index is -1.21. The Morgan fingerprint density at radius 1 is 1.50 bits per heavy atom. The summed E-state index contributed by atoms with van der Waals surface area (Å²) in [5.41, 5.74) is 1.82. The van der Waals surface area contributed by atoms with Crippen LogP contribution in [0, 0.1) is 6.92 Å². The number of carboxylic acids is 1. The number of carbonyl (C=O) groups excluding carboxylic acids is 1. The maximum atomic E-state index is 10.5. The van der Waals surface area contributed by atoms with Crippen LogP contribution in [-0.2, 0) is 0 Å². The van der Waals surface area contributed by atoms with Crippen LogP contribution in [0.25, 0.3) is 10.2 Å². The van der Waals surface area contributed by atoms with Crippen LogP contribution < -0.4 is 24.0 Å². The number of carbonyl (C=O) groups is 1. The predicted octanol–water partition coefficient (Wildman–Crippen LogP) is -2.03. The Kier molecular flexibility index (Phi) is 3.33. The monoisotopic (exact) mass is 199 g/mol. The fourth-order valence-corrected chi connectivity index (χ4v) is 2.02. The quantitative estimate of drug-likeness (QED) is 0.498. The molecule has 1 aromatic heterocycles. The molecule has 0 fully saturated rings. The maximum absolute atomic E-state index is 10.5. The second-order valence-corrected chi connectivity index (χ2v) is 3.81. The Hall–Kier alpha value is -0.823. The van der Waals surface area contributed by atoms with Gasteiger partial charge in [0.05, 0.1) is 10.2 Å². The van der Waals surface area contributed by atoms with Crippen molar-refractivity contribution < 1.29 is 28.8 Å². The van der Waals surface area contributed by atoms with Crippen molar-refractivity contribution >= 4 is 27.5 Å². The smallest absolute Gasteiger partial charge is 0.542 e. The SMILES string of the molecule is Cc1ccc2nc(C(=O)[O-])sc2c1.[Li+]. The number of rotatable bonds is 1. The maximum Gasteiger partial charge on any atom is 1.00 e. The molecule has 3 nitrogen and oxygen atoms in total. The minimum absolute atomic E-state index is 0. The molecule has 0 aliphatic carbocycles. The average molecular weight is 199 g/mol. The zero-order chi connectivity index (χ0) is 9.42. The number of aryl methyl sites for hydroxylation is 1. The first-order valence-electron chi connectivity index (χ1n) is 3.75. The van der Waals surface area contributed by atoms with Gasteiger partial charge in [-0.2, -0.15) is 0 Å². The zero-order valence-electron chi connectivity index (χ0n) is 7.90. The van der Waals surface area contributed by atoms with E-state index in [9.17, 15) is 9.90 Å². The molecule has 0 bridgehead atoms. The van der Waals surface area contributed by atoms with Crippen molar-refractivity contribution in [1.29, 1.82) is 0 Å². The fraction of sp³-hybridized carbons (Fsp3) is 0.111. The van der Waals surface area contributed by atoms with E-state index in [1.807, 2.05) is 25.1 Å². The second kappa shape index (κ2) is 4.14. The number of benzene rings is 1. The standard InChI is InChI=1S/C9H7NO2S.Li/c1-5-2-3-6-7(4-5)13-8(10-6)9(11)12;/h2-4H,1H3,(H,11,12);/q;+1/p-1. The molecule has 2 rings (SSSR count). The molecule has 0 saturated carbocycles. The molecule has 0 N–H and O–H groups in total. The van der Waals surface area contributed by atoms with Gasteiger partial charge in [-0.05, 0) is 24.6 Å². The molecule has 0 saturated heterocycles. The molecule has 0 spiro atoms. The van der Waals surface area contributed by atoms with Crippen LogP contribution in [-0.4, -0.2) is 11.0 Å². The van der Waals surface area contributed by atoms with Crippen molar-refractivity contribution in [3.8, 4) is 0 Å². The summed E-state index contributed by atoms with van der Waals surface area (Å²) in [6.07, 6.45) is 0. The van der Waals surface area contributed by atoms with Gasteiger partial charge in [0, 0.05) is 0 Å². The van der Waals surface area contributed by atoms with Gasteiger partial charge >= 0.3 is 18.9 Å². The van der Waals surface area contributed by atoms with Gasteiger partial charge in [0.1, 0.15) is 11.0 Å². The third kappa shape index (κ3) is 1.98. The van der Waals surface area contributed by atoms with E-state index >= 15 is 0 Å². The molecule has 0 aliphatic rings. The predicted molar refractivity (Wildman–Crippen MR) is 48.7 cm³/mol. The van der Waals surface area contributed by atoms with Crippen molar-refractivity contribution in [2.75, 3.05) is 0 Å². The number of fused-ring (bicyclic) bond motifs is 1. The number of nitrogens with zero attached hydrogens (tertiary/aromatic N) is 1. The zero-order valence-corrected chi connectivity index (χ0v) is 8.72. The third-order valence-electron chi connectivity index (χ3n) is 1.72. The second-order valence-electron chi connectivity index (χ2n) is 2.78. The summed E-state index contributed by atoms with van der Waals surface area (Å²) in [7, 11) is 0. The Balaban J connectivity index is 0.000000980. The van der Waals surface area contributed by atoms with E-state index in [4.69, 9.17) is 0 Å². The van der Waals surface area contributed by atoms with Crippen LogP contribution in [0.4, 0.5) is 0 Å². The summed E-state index contributed by atoms with van der Waals surface area (Å²) in [5.74, 6) is -1.21. The molecule has 1 heterocycles. The van der Waals surface area contributed by atoms with Gasteiger partial charge in [0.2, 0.25) is 0 Å². The molecule has 14 heavy (non-hydrogen) atoms. The first kappa shape index (κ1) is 11.3. The molecule has 66 valence electrons. The van der Waals surface area contributed by atoms with Crippen LogP contribution in [0.2, 0.25) is 0 Å². The Labute approximate surface area is 97.0 Å². The molecule has 0 amide bonds. The van der Waals surface area contributed by atoms with E-state index in [1.165, 1.54) is 0 Å². The summed E-state index contributed by atoms with van der Waals surface area (Å²) in [5, 5.41) is 10.5. The van der Waals surface area contributed by atoms with E-state index < -0.39 is 5.97 Å². The van der Waals surface area contributed by atoms with E-state index in [1.54, 1.807) is 0 Å². The van der Waals surface area contributed by atoms with Gasteiger partial charge < -0.3 is 9.90 Å². The number of aromatic carboxylic acids is 1. The summed E-state index contributed by atoms with van der Waals surface area (Å²) >= 11 is 1.15. The van der Waals surface area contributed by atoms with Crippen LogP contribution in [0.1, 0.15) is 15.4 Å². The van der Waals surface area contributed by atoms with E-state index in [2.05, 4.69) is 4.98 Å². The molecule has 0 radical (unpaired) electrons. The molecule has 5 heteroatoms. The van der Waals surface area contributed by atoms with Crippen LogP contribution in [0.15, 0.2) is 18.2 Å². The van der Waals surface area contributed by atoms with E-state index in [0.717, 1.165) is 27.1 Å². The normalized spacial score (nSPS) is 9.79. The molecule has 1 aromatic carbocycles. The largest absolute Gasteiger partial charge is 1.00 e. The topological polar surface area (TPSA) is 53.0 Å². The van der Waals surface area contributed by atoms with Gasteiger partial charge in [-0.25, -0.2) is 4.98 Å². The summed E-state index contributed by atoms with van der Waals surface area (Å²) in [6.45, 7) is 1.96. The number of carboxylic acid groups (broad SMARTS) is 1. The van der Waals surface area contributed by atoms with Gasteiger partial charge in [0.15, 0.2) is 0 Å². The van der Waals surface area contributed by atoms with Crippen molar-refractivity contribution in [2.24, 2.45) is 0 Å². The molecule has 0 aliphatic heterocycles. The van der Waals surface area contributed by atoms with Gasteiger partial charge in [0.25, 0.3) is 0 Å². The first-order valence-corrected chi connectivity index (χ1v) is 4.57. The van der Waals surface area contributed by atoms with E-state index in [-0.39, 0.29) is 23.9 Å². The number of aromatic nitrogens is 1. The molecular weight excluding hydrogens is 193 g/mol. The van der Waals surface area contributed by atoms with Gasteiger partial charge in [-0.3, -0.25) is 0 Å². The minimum Gasteiger partial charge on any atom is -0.542 e. The number of thiazole rings is 1. The van der Waals surface area contributed by atoms with Crippen molar-refractivity contribution in [3.05, 3.63) is 28.8 Å². The fourth-order valence-electron chi connectivity index (χ4n) is 1.12. The molecule has 2 aromatic rings. The van der Waals surface area contributed by atoms with Gasteiger partial charge in [-0.15, -0.1) is 11.3 Å². The summed E-state index contributed by atoms with van der Waals surface area (Å²) in [6, 6.07) is 5.63. The first-order chi connectivity index (χ1) is 6.16. The Bertz CT molecular complexity index is 481. The Morgan fingerprint density at radius 3 is 2.86 bits per heavy atom. The Morgan fingerprint density at radius 2 is 2.21 bits per heavy atom. The van der Waals surface area contributed by atoms with Crippen LogP contribution >= 0.6 is 11.3 Å². The van der Waals surface area contributed by atoms with Gasteiger partial charge in [-0.1, -0.05) is 6.07 Å². The molecule has 0 atom stereocenters. The number of hydrogen-bond donors (Lipinski definition) is 0. The number of hydrogen-bond acceptors (Lipinski definition) is 4. The third-order valence-corrected chi connectivity index (χ3v) is 2.72. The van der Waals surface area contributed by atoms with Crippen LogP contribution in [0.3, 0.4) is 0 Å². The van der Waals surface area contributed by atoms with Crippen LogP contribution in [0.5, 0.6) is 0 Å².